The number of carbonyl (C=O) groups is 1. The summed E-state index contributed by atoms with van der Waals surface area (Å²) in [5, 5.41) is 4.13. The van der Waals surface area contributed by atoms with Crippen LogP contribution in [0.3, 0.4) is 0 Å². The topological polar surface area (TPSA) is 85.9 Å². The Bertz CT molecular complexity index is 1360. The van der Waals surface area contributed by atoms with E-state index in [0.717, 1.165) is 47.9 Å². The number of carbonyl (C=O) groups excluding carboxylic acids is 1. The van der Waals surface area contributed by atoms with Gasteiger partial charge in [0, 0.05) is 36.6 Å². The number of nitrogens with one attached hydrogen (secondary N) is 3. The Kier molecular flexibility index (Phi) is 4.87. The van der Waals surface area contributed by atoms with Crippen LogP contribution in [0.5, 0.6) is 0 Å². The number of amides is 1. The van der Waals surface area contributed by atoms with Gasteiger partial charge in [-0.1, -0.05) is 30.3 Å². The van der Waals surface area contributed by atoms with Crippen molar-refractivity contribution in [3.05, 3.63) is 70.3 Å². The van der Waals surface area contributed by atoms with E-state index in [0.29, 0.717) is 30.1 Å². The van der Waals surface area contributed by atoms with Crippen molar-refractivity contribution in [2.75, 3.05) is 20.1 Å². The normalized spacial score (nSPS) is 21.7. The van der Waals surface area contributed by atoms with Crippen LogP contribution in [0.4, 0.5) is 0 Å². The first kappa shape index (κ1) is 20.3. The van der Waals surface area contributed by atoms with Crippen molar-refractivity contribution in [1.29, 1.82) is 0 Å². The largest absolute Gasteiger partial charge is 0.351 e. The maximum Gasteiger partial charge on any atom is 0.326 e. The number of para-hydroxylation sites is 2. The zero-order valence-electron chi connectivity index (χ0n) is 18.8. The second-order valence-corrected chi connectivity index (χ2v) is 9.72. The lowest BCUT2D eigenvalue weighted by Crippen LogP contribution is -2.42. The van der Waals surface area contributed by atoms with Gasteiger partial charge >= 0.3 is 5.69 Å². The maximum atomic E-state index is 12.5. The van der Waals surface area contributed by atoms with Crippen molar-refractivity contribution < 1.29 is 4.79 Å². The average molecular weight is 444 g/mol. The highest BCUT2D eigenvalue weighted by Gasteiger charge is 2.38. The summed E-state index contributed by atoms with van der Waals surface area (Å²) in [6.45, 7) is 2.48. The highest BCUT2D eigenvalue weighted by molar-refractivity contribution is 5.97. The van der Waals surface area contributed by atoms with Crippen molar-refractivity contribution in [1.82, 2.24) is 24.8 Å². The Morgan fingerprint density at radius 3 is 2.85 bits per heavy atom. The molecule has 1 amide bonds. The first-order valence-electron chi connectivity index (χ1n) is 11.8. The molecule has 4 aromatic rings. The fraction of sp³-hybridized carbons (Fsp3) is 0.385. The van der Waals surface area contributed by atoms with E-state index in [4.69, 9.17) is 0 Å². The van der Waals surface area contributed by atoms with Crippen LogP contribution in [0.25, 0.3) is 21.9 Å². The van der Waals surface area contributed by atoms with E-state index in [9.17, 15) is 9.59 Å². The summed E-state index contributed by atoms with van der Waals surface area (Å²) in [5.41, 5.74) is 4.86. The van der Waals surface area contributed by atoms with Gasteiger partial charge in [-0.3, -0.25) is 9.36 Å². The third-order valence-corrected chi connectivity index (χ3v) is 7.52. The van der Waals surface area contributed by atoms with Gasteiger partial charge in [0.15, 0.2) is 0 Å². The number of likely N-dealkylation sites (N-methyl/N-ethyl adjacent to an activating group) is 1. The van der Waals surface area contributed by atoms with Gasteiger partial charge in [0.2, 0.25) is 0 Å². The van der Waals surface area contributed by atoms with Crippen LogP contribution in [0.2, 0.25) is 0 Å². The van der Waals surface area contributed by atoms with E-state index >= 15 is 0 Å². The van der Waals surface area contributed by atoms with Gasteiger partial charge < -0.3 is 20.2 Å². The van der Waals surface area contributed by atoms with Gasteiger partial charge in [-0.2, -0.15) is 0 Å². The van der Waals surface area contributed by atoms with Crippen LogP contribution in [-0.2, 0) is 13.0 Å². The summed E-state index contributed by atoms with van der Waals surface area (Å²) >= 11 is 0. The lowest BCUT2D eigenvalue weighted by molar-refractivity contribution is 0.0948. The predicted molar refractivity (Wildman–Crippen MR) is 130 cm³/mol. The van der Waals surface area contributed by atoms with Crippen molar-refractivity contribution in [3.63, 3.8) is 0 Å². The molecule has 2 aromatic heterocycles. The molecule has 3 atom stereocenters. The summed E-state index contributed by atoms with van der Waals surface area (Å²) in [5.74, 6) is 1.29. The number of fused-ring (bicyclic) bond motifs is 1. The van der Waals surface area contributed by atoms with Crippen molar-refractivity contribution in [2.24, 2.45) is 11.8 Å². The van der Waals surface area contributed by atoms with E-state index in [1.165, 1.54) is 12.0 Å². The number of imidazole rings is 1. The quantitative estimate of drug-likeness (QED) is 0.410. The standard InChI is InChI=1S/C26H29N5O2/c1-30(20-12-18-6-4-8-22-24(18)31(15-20)26(33)29-22)14-19-11-16(19)9-10-27-25(32)23-13-17-5-2-3-7-21(17)28-23/h2-8,13,16,19-20,28H,9-12,14-15H2,1H3,(H,27,32)(H,29,33). The molecule has 2 aliphatic rings. The summed E-state index contributed by atoms with van der Waals surface area (Å²) in [6.07, 6.45) is 3.20. The zero-order chi connectivity index (χ0) is 22.5. The van der Waals surface area contributed by atoms with Gasteiger partial charge in [-0.25, -0.2) is 4.79 Å². The average Bonchev–Trinajstić information content (AvgIpc) is 3.25. The molecule has 7 heteroatoms. The smallest absolute Gasteiger partial charge is 0.326 e. The van der Waals surface area contributed by atoms with E-state index in [1.54, 1.807) is 0 Å². The molecule has 33 heavy (non-hydrogen) atoms. The van der Waals surface area contributed by atoms with Crippen LogP contribution in [0.1, 0.15) is 28.9 Å². The number of hydrogen-bond donors (Lipinski definition) is 3. The summed E-state index contributed by atoms with van der Waals surface area (Å²) in [4.78, 5) is 33.5. The summed E-state index contributed by atoms with van der Waals surface area (Å²) < 4.78 is 1.90. The number of hydrogen-bond acceptors (Lipinski definition) is 3. The minimum Gasteiger partial charge on any atom is -0.351 e. The molecule has 1 aliphatic heterocycles. The Morgan fingerprint density at radius 1 is 1.12 bits per heavy atom. The SMILES string of the molecule is CN(CC1CC1CCNC(=O)c1cc2ccccc2[nH]1)C1Cc2cccc3[nH]c(=O)n(c23)C1. The fourth-order valence-electron chi connectivity index (χ4n) is 5.53. The van der Waals surface area contributed by atoms with E-state index in [1.807, 2.05) is 47.0 Å². The maximum absolute atomic E-state index is 12.5. The van der Waals surface area contributed by atoms with Crippen molar-refractivity contribution in [2.45, 2.75) is 31.8 Å². The van der Waals surface area contributed by atoms with Crippen LogP contribution >= 0.6 is 0 Å². The van der Waals surface area contributed by atoms with Crippen LogP contribution in [0.15, 0.2) is 53.3 Å². The lowest BCUT2D eigenvalue weighted by atomic mass is 9.99. The van der Waals surface area contributed by atoms with Gasteiger partial charge in [0.05, 0.1) is 11.0 Å². The van der Waals surface area contributed by atoms with Crippen LogP contribution in [0, 0.1) is 11.8 Å². The molecule has 1 saturated carbocycles. The molecule has 1 aliphatic carbocycles. The molecule has 0 radical (unpaired) electrons. The molecule has 0 saturated heterocycles. The second-order valence-electron chi connectivity index (χ2n) is 9.72. The summed E-state index contributed by atoms with van der Waals surface area (Å²) in [6, 6.07) is 16.3. The van der Waals surface area contributed by atoms with E-state index in [2.05, 4.69) is 33.3 Å². The third-order valence-electron chi connectivity index (χ3n) is 7.52. The molecule has 6 rings (SSSR count). The van der Waals surface area contributed by atoms with Gasteiger partial charge in [0.1, 0.15) is 5.69 Å². The number of aromatic nitrogens is 3. The van der Waals surface area contributed by atoms with Gasteiger partial charge in [0.25, 0.3) is 5.91 Å². The highest BCUT2D eigenvalue weighted by atomic mass is 16.2. The van der Waals surface area contributed by atoms with E-state index in [-0.39, 0.29) is 11.6 Å². The Labute approximate surface area is 191 Å². The molecular formula is C26H29N5O2. The predicted octanol–water partition coefficient (Wildman–Crippen LogP) is 3.12. The minimum absolute atomic E-state index is 0.00875. The second kappa shape index (κ2) is 7.92. The molecule has 170 valence electrons. The molecule has 0 spiro atoms. The van der Waals surface area contributed by atoms with Crippen LogP contribution < -0.4 is 11.0 Å². The van der Waals surface area contributed by atoms with E-state index < -0.39 is 0 Å². The summed E-state index contributed by atoms with van der Waals surface area (Å²) in [7, 11) is 2.18. The molecule has 2 aromatic carbocycles. The molecule has 0 bridgehead atoms. The molecule has 3 unspecified atom stereocenters. The first-order chi connectivity index (χ1) is 16.1. The monoisotopic (exact) mass is 443 g/mol. The molecule has 3 heterocycles. The molecule has 3 N–H and O–H groups in total. The Morgan fingerprint density at radius 2 is 1.97 bits per heavy atom. The van der Waals surface area contributed by atoms with Crippen molar-refractivity contribution >= 4 is 27.8 Å². The number of benzene rings is 2. The van der Waals surface area contributed by atoms with Crippen molar-refractivity contribution in [3.8, 4) is 0 Å². The lowest BCUT2D eigenvalue weighted by Gasteiger charge is -2.32. The fourth-order valence-corrected chi connectivity index (χ4v) is 5.53. The zero-order valence-corrected chi connectivity index (χ0v) is 18.8. The Balaban J connectivity index is 0.997. The number of aromatic amines is 2. The van der Waals surface area contributed by atoms with Crippen LogP contribution in [-0.4, -0.2) is 51.5 Å². The number of rotatable bonds is 7. The number of H-pyrrole nitrogens is 2. The van der Waals surface area contributed by atoms with Gasteiger partial charge in [-0.05, 0) is 61.9 Å². The highest BCUT2D eigenvalue weighted by Crippen LogP contribution is 2.42. The molecular weight excluding hydrogens is 414 g/mol. The third kappa shape index (κ3) is 3.76. The Hall–Kier alpha value is -3.32. The minimum atomic E-state index is -0.0374. The van der Waals surface area contributed by atoms with Gasteiger partial charge in [-0.15, -0.1) is 0 Å². The molecule has 1 fully saturated rings. The first-order valence-corrected chi connectivity index (χ1v) is 11.8. The molecule has 7 nitrogen and oxygen atoms in total. The number of nitrogens with zero attached hydrogens (tertiary/aromatic N) is 2.